The zero-order chi connectivity index (χ0) is 43.5. The quantitative estimate of drug-likeness (QED) is 0.162. The Kier molecular flexibility index (Phi) is 19.9. The maximum absolute atomic E-state index is 13.5. The molecule has 3 fully saturated rings. The second kappa shape index (κ2) is 23.0. The molecule has 0 aliphatic carbocycles. The first-order chi connectivity index (χ1) is 27.3. The van der Waals surface area contributed by atoms with E-state index in [1.54, 1.807) is 53.6 Å². The minimum atomic E-state index is -1.48. The number of carbonyl (C=O) groups is 4. The predicted octanol–water partition coefficient (Wildman–Crippen LogP) is 1.55. The fraction of sp³-hybridized carbons (Fsp3) is 0.902. The summed E-state index contributed by atoms with van der Waals surface area (Å²) >= 11 is 0. The number of β-amino-alcohol motifs (C(OH)–C–C–N with tert-alkyl or cyclic N) is 1. The van der Waals surface area contributed by atoms with Crippen molar-refractivity contribution in [3.63, 3.8) is 0 Å². The Balaban J connectivity index is 2.01. The summed E-state index contributed by atoms with van der Waals surface area (Å²) in [4.78, 5) is 54.7. The van der Waals surface area contributed by atoms with Gasteiger partial charge in [0.15, 0.2) is 18.7 Å². The van der Waals surface area contributed by atoms with Gasteiger partial charge in [0.2, 0.25) is 5.91 Å². The molecule has 0 spiro atoms. The van der Waals surface area contributed by atoms with Crippen molar-refractivity contribution in [3.05, 3.63) is 0 Å². The van der Waals surface area contributed by atoms with Crippen LogP contribution in [-0.4, -0.2) is 176 Å². The molecule has 17 heteroatoms. The van der Waals surface area contributed by atoms with Crippen LogP contribution in [0.4, 0.5) is 0 Å². The van der Waals surface area contributed by atoms with Crippen molar-refractivity contribution in [2.45, 2.75) is 185 Å². The number of carbonyl (C=O) groups excluding carboxylic acids is 4. The summed E-state index contributed by atoms with van der Waals surface area (Å²) in [6.07, 6.45) is -8.64. The third-order valence-electron chi connectivity index (χ3n) is 11.7. The van der Waals surface area contributed by atoms with Crippen LogP contribution in [0.3, 0.4) is 0 Å². The van der Waals surface area contributed by atoms with Crippen LogP contribution < -0.4 is 5.32 Å². The summed E-state index contributed by atoms with van der Waals surface area (Å²) in [5, 5.41) is 37.8. The second-order valence-electron chi connectivity index (χ2n) is 17.1. The molecule has 3 aliphatic rings. The van der Waals surface area contributed by atoms with Gasteiger partial charge in [-0.1, -0.05) is 20.8 Å². The average Bonchev–Trinajstić information content (AvgIpc) is 3.13. The molecule has 3 heterocycles. The van der Waals surface area contributed by atoms with E-state index in [1.807, 2.05) is 25.8 Å². The summed E-state index contributed by atoms with van der Waals surface area (Å²) in [6.45, 7) is 13.2. The van der Waals surface area contributed by atoms with Crippen LogP contribution in [-0.2, 0) is 52.3 Å². The van der Waals surface area contributed by atoms with Gasteiger partial charge in [0, 0.05) is 45.4 Å². The first-order valence-electron chi connectivity index (χ1n) is 21.0. The number of likely N-dealkylation sites (N-methyl/N-ethyl adjacent to an activating group) is 2. The molecule has 0 saturated carbocycles. The van der Waals surface area contributed by atoms with Gasteiger partial charge in [0.25, 0.3) is 0 Å². The highest BCUT2D eigenvalue weighted by atomic mass is 16.7. The van der Waals surface area contributed by atoms with E-state index in [-0.39, 0.29) is 56.4 Å². The van der Waals surface area contributed by atoms with E-state index in [4.69, 9.17) is 33.2 Å². The molecular weight excluding hydrogens is 758 g/mol. The van der Waals surface area contributed by atoms with E-state index in [9.17, 15) is 34.5 Å². The molecule has 16 atom stereocenters. The number of aliphatic hydroxyl groups excluding tert-OH is 2. The molecule has 0 radical (unpaired) electrons. The fourth-order valence-electron chi connectivity index (χ4n) is 8.48. The van der Waals surface area contributed by atoms with Crippen molar-refractivity contribution in [3.8, 4) is 0 Å². The molecule has 0 aromatic carbocycles. The summed E-state index contributed by atoms with van der Waals surface area (Å²) in [6, 6.07) is -0.947. The lowest BCUT2D eigenvalue weighted by Crippen LogP contribution is -2.66. The van der Waals surface area contributed by atoms with Crippen LogP contribution in [0, 0.1) is 11.8 Å². The van der Waals surface area contributed by atoms with Crippen molar-refractivity contribution in [1.82, 2.24) is 15.1 Å². The van der Waals surface area contributed by atoms with Crippen LogP contribution in [0.2, 0.25) is 0 Å². The van der Waals surface area contributed by atoms with E-state index in [1.165, 1.54) is 7.11 Å². The molecule has 4 N–H and O–H groups in total. The lowest BCUT2D eigenvalue weighted by atomic mass is 9.82. The van der Waals surface area contributed by atoms with Gasteiger partial charge >= 0.3 is 11.9 Å². The lowest BCUT2D eigenvalue weighted by Gasteiger charge is -2.50. The number of ether oxygens (including phenoxy) is 7. The monoisotopic (exact) mass is 832 g/mol. The van der Waals surface area contributed by atoms with E-state index in [0.717, 1.165) is 12.7 Å². The number of nitrogens with zero attached hydrogens (tertiary/aromatic N) is 2. The zero-order valence-corrected chi connectivity index (χ0v) is 36.5. The van der Waals surface area contributed by atoms with E-state index < -0.39 is 97.0 Å². The molecule has 0 bridgehead atoms. The van der Waals surface area contributed by atoms with Crippen LogP contribution >= 0.6 is 0 Å². The van der Waals surface area contributed by atoms with Crippen LogP contribution in [0.15, 0.2) is 0 Å². The number of aliphatic hydroxyl groups is 3. The standard InChI is InChI=1S/C41H73N3O14/c1-12-31(48)55-29-20-30(47)42-24(4)15-14-17-44(10)22-28(46)23(3)19-27(16-18-45)37(38(29)52-11)58-40-35(50)34(43(8)9)36(25(5)54-40)57-33-21-41(7,51)39(26(6)53-33)56-32(49)13-2/h18,23-29,33-40,46,50-51H,12-17,19-22H2,1-11H3,(H,42,47)/t23-,24?,25?,26?,27+,28+,29-,33+,34?,35?,36+,37+,38+,39+,40+,41?/m1/s1. The number of amides is 1. The first-order valence-corrected chi connectivity index (χ1v) is 21.0. The highest BCUT2D eigenvalue weighted by Gasteiger charge is 2.53. The molecule has 3 aliphatic heterocycles. The molecule has 0 aromatic rings. The smallest absolute Gasteiger partial charge is 0.305 e. The number of methoxy groups -OCH3 is 1. The summed E-state index contributed by atoms with van der Waals surface area (Å²) in [5.41, 5.74) is -1.48. The minimum Gasteiger partial charge on any atom is -0.459 e. The van der Waals surface area contributed by atoms with Crippen molar-refractivity contribution in [1.29, 1.82) is 0 Å². The highest BCUT2D eigenvalue weighted by molar-refractivity contribution is 5.77. The Bertz CT molecular complexity index is 1310. The molecule has 3 saturated heterocycles. The van der Waals surface area contributed by atoms with Gasteiger partial charge in [-0.25, -0.2) is 0 Å². The number of esters is 2. The first kappa shape index (κ1) is 50.0. The maximum atomic E-state index is 13.5. The predicted molar refractivity (Wildman–Crippen MR) is 211 cm³/mol. The summed E-state index contributed by atoms with van der Waals surface area (Å²) in [7, 11) is 6.86. The van der Waals surface area contributed by atoms with Crippen LogP contribution in [0.1, 0.15) is 99.8 Å². The van der Waals surface area contributed by atoms with Gasteiger partial charge in [-0.05, 0) is 86.5 Å². The minimum absolute atomic E-state index is 0.0301. The lowest BCUT2D eigenvalue weighted by molar-refractivity contribution is -0.344. The van der Waals surface area contributed by atoms with Gasteiger partial charge in [-0.2, -0.15) is 0 Å². The number of hydrogen-bond acceptors (Lipinski definition) is 16. The van der Waals surface area contributed by atoms with Crippen molar-refractivity contribution >= 4 is 24.1 Å². The number of aldehydes is 1. The largest absolute Gasteiger partial charge is 0.459 e. The molecule has 58 heavy (non-hydrogen) atoms. The van der Waals surface area contributed by atoms with Gasteiger partial charge in [0.1, 0.15) is 36.3 Å². The SMILES string of the molecule is CCC(=O)O[C@@H]1CC(=O)NC(C)CCCN(C)C[C@H](O)[C@H](C)C[C@H](CC=O)[C@H](O[C@@H]2OC(C)[C@H](O[C@H]3CC(C)(O)[C@@H](OC(=O)CC)C(C)O3)C(N(C)C)C2O)[C@H]1OC. The van der Waals surface area contributed by atoms with E-state index >= 15 is 0 Å². The normalized spacial score (nSPS) is 40.4. The molecule has 1 amide bonds. The second-order valence-corrected chi connectivity index (χ2v) is 17.1. The summed E-state index contributed by atoms with van der Waals surface area (Å²) < 4.78 is 43.2. The van der Waals surface area contributed by atoms with Gasteiger partial charge in [-0.3, -0.25) is 14.4 Å². The third-order valence-corrected chi connectivity index (χ3v) is 11.7. The van der Waals surface area contributed by atoms with Gasteiger partial charge < -0.3 is 68.4 Å². The Morgan fingerprint density at radius 3 is 2.24 bits per heavy atom. The van der Waals surface area contributed by atoms with E-state index in [0.29, 0.717) is 19.5 Å². The summed E-state index contributed by atoms with van der Waals surface area (Å²) in [5.74, 6) is -2.37. The molecular formula is C41H73N3O14. The van der Waals surface area contributed by atoms with Gasteiger partial charge in [0.05, 0.1) is 36.9 Å². The van der Waals surface area contributed by atoms with Crippen molar-refractivity contribution in [2.75, 3.05) is 41.3 Å². The molecule has 336 valence electrons. The Labute approximate surface area is 344 Å². The molecule has 6 unspecified atom stereocenters. The van der Waals surface area contributed by atoms with Crippen LogP contribution in [0.5, 0.6) is 0 Å². The highest BCUT2D eigenvalue weighted by Crippen LogP contribution is 2.37. The topological polar surface area (TPSA) is 212 Å². The zero-order valence-electron chi connectivity index (χ0n) is 36.5. The molecule has 0 aromatic heterocycles. The maximum Gasteiger partial charge on any atom is 0.305 e. The van der Waals surface area contributed by atoms with Crippen molar-refractivity contribution in [2.24, 2.45) is 11.8 Å². The Morgan fingerprint density at radius 1 is 1.00 bits per heavy atom. The fourth-order valence-corrected chi connectivity index (χ4v) is 8.48. The number of rotatable bonds is 12. The molecule has 3 rings (SSSR count). The number of nitrogens with one attached hydrogen (secondary N) is 1. The van der Waals surface area contributed by atoms with Crippen LogP contribution in [0.25, 0.3) is 0 Å². The Hall–Kier alpha value is -2.32. The van der Waals surface area contributed by atoms with E-state index in [2.05, 4.69) is 5.32 Å². The molecule has 17 nitrogen and oxygen atoms in total. The van der Waals surface area contributed by atoms with Crippen molar-refractivity contribution < 1.29 is 67.7 Å². The number of hydrogen-bond donors (Lipinski definition) is 4. The average molecular weight is 832 g/mol. The Morgan fingerprint density at radius 2 is 1.66 bits per heavy atom. The third kappa shape index (κ3) is 13.9. The van der Waals surface area contributed by atoms with Gasteiger partial charge in [-0.15, -0.1) is 0 Å².